The highest BCUT2D eigenvalue weighted by Crippen LogP contribution is 2.19. The second kappa shape index (κ2) is 9.97. The number of hydrogen-bond donors (Lipinski definition) is 1. The molecule has 3 rings (SSSR count). The van der Waals surface area contributed by atoms with Gasteiger partial charge in [0, 0.05) is 18.7 Å². The highest BCUT2D eigenvalue weighted by Gasteiger charge is 2.20. The first kappa shape index (κ1) is 21.4. The van der Waals surface area contributed by atoms with Gasteiger partial charge in [0.15, 0.2) is 12.3 Å². The lowest BCUT2D eigenvalue weighted by Gasteiger charge is -2.25. The summed E-state index contributed by atoms with van der Waals surface area (Å²) in [6, 6.07) is 14.9. The van der Waals surface area contributed by atoms with Crippen molar-refractivity contribution in [2.45, 2.75) is 32.9 Å². The van der Waals surface area contributed by atoms with Gasteiger partial charge in [0.2, 0.25) is 5.82 Å². The number of oxime groups is 1. The number of rotatable bonds is 8. The van der Waals surface area contributed by atoms with Gasteiger partial charge in [-0.1, -0.05) is 61.1 Å². The van der Waals surface area contributed by atoms with Crippen molar-refractivity contribution < 1.29 is 9.63 Å². The van der Waals surface area contributed by atoms with Gasteiger partial charge in [-0.15, -0.1) is 5.10 Å². The molecule has 1 aromatic carbocycles. The van der Waals surface area contributed by atoms with Gasteiger partial charge in [0.1, 0.15) is 5.82 Å². The summed E-state index contributed by atoms with van der Waals surface area (Å²) < 4.78 is 1.52. The third-order valence-corrected chi connectivity index (χ3v) is 4.74. The molecule has 1 amide bonds. The molecule has 2 heterocycles. The summed E-state index contributed by atoms with van der Waals surface area (Å²) >= 11 is 3.99. The van der Waals surface area contributed by atoms with Crippen molar-refractivity contribution in [1.82, 2.24) is 25.2 Å². The number of carbonyl (C=O) groups excluding carboxylic acids is 1. The summed E-state index contributed by atoms with van der Waals surface area (Å²) in [4.78, 5) is 23.6. The van der Waals surface area contributed by atoms with E-state index in [1.165, 1.54) is 4.68 Å². The van der Waals surface area contributed by atoms with Crippen LogP contribution in [0.3, 0.4) is 0 Å². The monoisotopic (exact) mass is 425 g/mol. The van der Waals surface area contributed by atoms with Crippen LogP contribution < -0.4 is 4.90 Å². The molecular formula is C20H23N7O2S. The van der Waals surface area contributed by atoms with Gasteiger partial charge < -0.3 is 4.84 Å². The molecule has 0 aliphatic rings. The molecular weight excluding hydrogens is 402 g/mol. The lowest BCUT2D eigenvalue weighted by atomic mass is 10.1. The van der Waals surface area contributed by atoms with Crippen molar-refractivity contribution in [2.75, 3.05) is 4.90 Å². The summed E-state index contributed by atoms with van der Waals surface area (Å²) in [5, 5.41) is 15.5. The number of benzene rings is 1. The fourth-order valence-electron chi connectivity index (χ4n) is 2.79. The fourth-order valence-corrected chi connectivity index (χ4v) is 3.09. The van der Waals surface area contributed by atoms with Crippen LogP contribution in [0.4, 0.5) is 10.6 Å². The molecule has 0 fully saturated rings. The molecule has 0 radical (unpaired) electrons. The molecule has 1 unspecified atom stereocenters. The number of nitrogens with zero attached hydrogens (tertiary/aromatic N) is 7. The Hall–Kier alpha value is -3.27. The minimum Gasteiger partial charge on any atom is -0.389 e. The van der Waals surface area contributed by atoms with Gasteiger partial charge in [-0.2, -0.15) is 0 Å². The molecule has 10 heteroatoms. The van der Waals surface area contributed by atoms with Crippen molar-refractivity contribution in [3.05, 3.63) is 65.6 Å². The van der Waals surface area contributed by atoms with E-state index in [4.69, 9.17) is 4.84 Å². The largest absolute Gasteiger partial charge is 0.389 e. The number of amides is 1. The van der Waals surface area contributed by atoms with Crippen molar-refractivity contribution in [3.63, 3.8) is 0 Å². The minimum atomic E-state index is -0.353. The maximum atomic E-state index is 12.0. The first-order valence-corrected chi connectivity index (χ1v) is 9.92. The van der Waals surface area contributed by atoms with Gasteiger partial charge in [0.25, 0.3) is 5.24 Å². The third kappa shape index (κ3) is 5.01. The van der Waals surface area contributed by atoms with Gasteiger partial charge in [0.05, 0.1) is 5.69 Å². The normalized spacial score (nSPS) is 12.5. The van der Waals surface area contributed by atoms with E-state index in [2.05, 4.69) is 38.3 Å². The Labute approximate surface area is 180 Å². The Bertz CT molecular complexity index is 1020. The smallest absolute Gasteiger partial charge is 0.284 e. The molecule has 1 atom stereocenters. The number of aromatic nitrogens is 5. The average molecular weight is 426 g/mol. The van der Waals surface area contributed by atoms with E-state index < -0.39 is 0 Å². The van der Waals surface area contributed by atoms with Gasteiger partial charge in [-0.3, -0.25) is 9.69 Å². The van der Waals surface area contributed by atoms with Crippen LogP contribution in [0.15, 0.2) is 53.7 Å². The van der Waals surface area contributed by atoms with Crippen LogP contribution in [0, 0.1) is 0 Å². The van der Waals surface area contributed by atoms with Crippen molar-refractivity contribution in [1.29, 1.82) is 0 Å². The van der Waals surface area contributed by atoms with Crippen molar-refractivity contribution >= 4 is 29.4 Å². The Kier molecular flexibility index (Phi) is 7.12. The van der Waals surface area contributed by atoms with Crippen LogP contribution >= 0.6 is 12.6 Å². The summed E-state index contributed by atoms with van der Waals surface area (Å²) in [5.41, 5.74) is 1.95. The van der Waals surface area contributed by atoms with Crippen molar-refractivity contribution in [2.24, 2.45) is 12.2 Å². The standard InChI is InChI=1S/C20H23N7O2S/c1-4-14(2)27(20(28)30)17-12-8-11-16(21-17)13-29-23-18(15-9-6-5-7-10-15)19-22-24-25-26(19)3/h5-12,14H,4,13H2,1-3H3,(H,28,30)/b23-18-. The third-order valence-electron chi connectivity index (χ3n) is 4.52. The number of carbonyl (C=O) groups is 1. The maximum absolute atomic E-state index is 12.0. The van der Waals surface area contributed by atoms with Gasteiger partial charge >= 0.3 is 0 Å². The Morgan fingerprint density at radius 2 is 2.00 bits per heavy atom. The molecule has 30 heavy (non-hydrogen) atoms. The number of pyridine rings is 1. The second-order valence-electron chi connectivity index (χ2n) is 6.60. The van der Waals surface area contributed by atoms with Crippen LogP contribution in [0.2, 0.25) is 0 Å². The highest BCUT2D eigenvalue weighted by molar-refractivity contribution is 7.96. The van der Waals surface area contributed by atoms with Crippen LogP contribution in [-0.4, -0.2) is 42.2 Å². The number of aryl methyl sites for hydroxylation is 1. The molecule has 3 aromatic rings. The van der Waals surface area contributed by atoms with Gasteiger partial charge in [-0.05, 0) is 35.9 Å². The zero-order valence-electron chi connectivity index (χ0n) is 17.0. The molecule has 0 bridgehead atoms. The molecule has 0 aliphatic heterocycles. The lowest BCUT2D eigenvalue weighted by Crippen LogP contribution is -2.35. The summed E-state index contributed by atoms with van der Waals surface area (Å²) in [6.45, 7) is 4.07. The molecule has 0 saturated heterocycles. The zero-order valence-corrected chi connectivity index (χ0v) is 17.9. The van der Waals surface area contributed by atoms with Crippen molar-refractivity contribution in [3.8, 4) is 0 Å². The first-order valence-electron chi connectivity index (χ1n) is 9.47. The van der Waals surface area contributed by atoms with E-state index in [1.54, 1.807) is 18.0 Å². The Morgan fingerprint density at radius 3 is 2.63 bits per heavy atom. The number of hydrogen-bond acceptors (Lipinski definition) is 7. The van der Waals surface area contributed by atoms with Crippen LogP contribution in [0.25, 0.3) is 0 Å². The topological polar surface area (TPSA) is 98.4 Å². The molecule has 0 N–H and O–H groups in total. The summed E-state index contributed by atoms with van der Waals surface area (Å²) in [5.74, 6) is 1.00. The lowest BCUT2D eigenvalue weighted by molar-refractivity contribution is 0.128. The Balaban J connectivity index is 1.82. The van der Waals surface area contributed by atoms with E-state index in [1.807, 2.05) is 56.3 Å². The second-order valence-corrected chi connectivity index (χ2v) is 6.98. The average Bonchev–Trinajstić information content (AvgIpc) is 3.17. The number of tetrazole rings is 1. The first-order chi connectivity index (χ1) is 14.5. The Morgan fingerprint density at radius 1 is 1.23 bits per heavy atom. The van der Waals surface area contributed by atoms with Crippen LogP contribution in [0.5, 0.6) is 0 Å². The van der Waals surface area contributed by atoms with E-state index in [0.717, 1.165) is 12.0 Å². The van der Waals surface area contributed by atoms with E-state index in [-0.39, 0.29) is 17.9 Å². The van der Waals surface area contributed by atoms with E-state index >= 15 is 0 Å². The molecule has 0 spiro atoms. The fraction of sp³-hybridized carbons (Fsp3) is 0.300. The predicted molar refractivity (Wildman–Crippen MR) is 117 cm³/mol. The minimum absolute atomic E-state index is 0.0233. The van der Waals surface area contributed by atoms with Gasteiger partial charge in [-0.25, -0.2) is 9.67 Å². The molecule has 0 aliphatic carbocycles. The number of thiol groups is 1. The SMILES string of the molecule is CCC(C)N(C(=O)S)c1cccc(CO/N=C(/c2ccccc2)c2nnnn2C)n1. The molecule has 9 nitrogen and oxygen atoms in total. The van der Waals surface area contributed by atoms with E-state index in [9.17, 15) is 4.79 Å². The van der Waals surface area contributed by atoms with Crippen LogP contribution in [-0.2, 0) is 18.5 Å². The predicted octanol–water partition coefficient (Wildman–Crippen LogP) is 3.23. The van der Waals surface area contributed by atoms with Crippen LogP contribution in [0.1, 0.15) is 37.4 Å². The zero-order chi connectivity index (χ0) is 21.5. The summed E-state index contributed by atoms with van der Waals surface area (Å²) in [6.07, 6.45) is 0.783. The molecule has 2 aromatic heterocycles. The highest BCUT2D eigenvalue weighted by atomic mass is 32.1. The summed E-state index contributed by atoms with van der Waals surface area (Å²) in [7, 11) is 1.73. The maximum Gasteiger partial charge on any atom is 0.284 e. The van der Waals surface area contributed by atoms with E-state index in [0.29, 0.717) is 23.0 Å². The molecule has 156 valence electrons. The molecule has 0 saturated carbocycles. The quantitative estimate of drug-likeness (QED) is 0.338. The number of anilines is 1.